The van der Waals surface area contributed by atoms with Crippen LogP contribution in [0.5, 0.6) is 0 Å². The molecule has 0 amide bonds. The Morgan fingerprint density at radius 1 is 0.864 bits per heavy atom. The first-order valence-electron chi connectivity index (χ1n) is 10.2. The van der Waals surface area contributed by atoms with E-state index >= 15 is 0 Å². The normalized spacial score (nSPS) is 26.6. The van der Waals surface area contributed by atoms with Crippen molar-refractivity contribution in [1.82, 2.24) is 4.90 Å². The highest BCUT2D eigenvalue weighted by molar-refractivity contribution is 6.23. The molecule has 1 nitrogen and oxygen atoms in total. The van der Waals surface area contributed by atoms with Crippen LogP contribution in [0.3, 0.4) is 0 Å². The summed E-state index contributed by atoms with van der Waals surface area (Å²) in [5.41, 5.74) is 0.436. The van der Waals surface area contributed by atoms with E-state index in [1.165, 1.54) is 70.6 Å². The van der Waals surface area contributed by atoms with Crippen molar-refractivity contribution in [3.63, 3.8) is 0 Å². The largest absolute Gasteiger partial charge is 0.308 e. The molecule has 1 heterocycles. The molecule has 0 radical (unpaired) electrons. The molecule has 0 saturated carbocycles. The van der Waals surface area contributed by atoms with Gasteiger partial charge in [-0.25, -0.2) is 0 Å². The highest BCUT2D eigenvalue weighted by Gasteiger charge is 2.42. The van der Waals surface area contributed by atoms with Gasteiger partial charge in [0.2, 0.25) is 0 Å². The van der Waals surface area contributed by atoms with E-state index < -0.39 is 0 Å². The third-order valence-corrected chi connectivity index (χ3v) is 6.21. The first kappa shape index (κ1) is 20.2. The second-order valence-corrected chi connectivity index (χ2v) is 8.33. The fraction of sp³-hybridized carbons (Fsp3) is 1.00. The fourth-order valence-corrected chi connectivity index (χ4v) is 4.80. The van der Waals surface area contributed by atoms with Gasteiger partial charge in [-0.2, -0.15) is 0 Å². The highest BCUT2D eigenvalue weighted by atomic mass is 15.2. The van der Waals surface area contributed by atoms with Gasteiger partial charge in [-0.3, -0.25) is 0 Å². The molecule has 0 N–H and O–H groups in total. The summed E-state index contributed by atoms with van der Waals surface area (Å²) < 4.78 is 0. The molecule has 3 unspecified atom stereocenters. The lowest BCUT2D eigenvalue weighted by Crippen LogP contribution is -2.53. The predicted octanol–water partition coefficient (Wildman–Crippen LogP) is 2.73. The lowest BCUT2D eigenvalue weighted by Gasteiger charge is -2.46. The number of hydrogen-bond acceptors (Lipinski definition) is 1. The van der Waals surface area contributed by atoms with E-state index in [0.29, 0.717) is 5.54 Å². The van der Waals surface area contributed by atoms with Crippen molar-refractivity contribution in [2.24, 2.45) is 0 Å². The molecule has 1 fully saturated rings. The molecular formula is C18H40B3N. The molecule has 1 aliphatic rings. The van der Waals surface area contributed by atoms with Gasteiger partial charge < -0.3 is 4.90 Å². The number of likely N-dealkylation sites (tertiary alicyclic amines) is 1. The van der Waals surface area contributed by atoms with Gasteiger partial charge in [0.25, 0.3) is 0 Å². The summed E-state index contributed by atoms with van der Waals surface area (Å²) in [6, 6.07) is 0. The third kappa shape index (κ3) is 5.66. The van der Waals surface area contributed by atoms with Crippen molar-refractivity contribution in [3.8, 4) is 0 Å². The number of rotatable bonds is 11. The Morgan fingerprint density at radius 3 is 1.73 bits per heavy atom. The van der Waals surface area contributed by atoms with Crippen LogP contribution in [-0.2, 0) is 0 Å². The first-order valence-corrected chi connectivity index (χ1v) is 10.2. The molecule has 0 spiro atoms. The smallest absolute Gasteiger partial charge is 0.123 e. The second-order valence-electron chi connectivity index (χ2n) is 8.33. The number of nitrogens with zero attached hydrogens (tertiary/aromatic N) is 1. The zero-order valence-electron chi connectivity index (χ0n) is 16.5. The van der Waals surface area contributed by atoms with Gasteiger partial charge in [0, 0.05) is 5.54 Å². The molecule has 1 saturated heterocycles. The SMILES string of the molecule is BC1CC(B)N(C(C)(CCCCCC)CCCCCC)C1B. The lowest BCUT2D eigenvalue weighted by molar-refractivity contribution is 0.0807. The van der Waals surface area contributed by atoms with Crippen LogP contribution in [-0.4, -0.2) is 45.9 Å². The van der Waals surface area contributed by atoms with Gasteiger partial charge in [-0.05, 0) is 38.1 Å². The highest BCUT2D eigenvalue weighted by Crippen LogP contribution is 2.40. The Hall–Kier alpha value is 0.155. The Bertz CT molecular complexity index is 286. The van der Waals surface area contributed by atoms with E-state index in [1.54, 1.807) is 0 Å². The first-order chi connectivity index (χ1) is 10.5. The van der Waals surface area contributed by atoms with Crippen molar-refractivity contribution in [2.75, 3.05) is 0 Å². The van der Waals surface area contributed by atoms with Crippen LogP contribution in [0.25, 0.3) is 0 Å². The molecule has 1 aliphatic heterocycles. The Balaban J connectivity index is 2.67. The molecule has 0 aromatic rings. The number of unbranched alkanes of at least 4 members (excludes halogenated alkanes) is 6. The van der Waals surface area contributed by atoms with E-state index in [1.807, 2.05) is 0 Å². The molecule has 126 valence electrons. The molecule has 3 atom stereocenters. The molecule has 4 heteroatoms. The quantitative estimate of drug-likeness (QED) is 0.419. The van der Waals surface area contributed by atoms with Crippen molar-refractivity contribution in [2.45, 2.75) is 115 Å². The third-order valence-electron chi connectivity index (χ3n) is 6.21. The topological polar surface area (TPSA) is 3.24 Å². The molecule has 1 rings (SSSR count). The summed E-state index contributed by atoms with van der Waals surface area (Å²) in [5, 5.41) is 0. The van der Waals surface area contributed by atoms with Crippen LogP contribution >= 0.6 is 0 Å². The molecule has 0 aliphatic carbocycles. The zero-order valence-corrected chi connectivity index (χ0v) is 16.5. The standard InChI is InChI=1S/C18H40B3N/c1-4-6-8-10-12-18(3,13-11-9-7-5-2)22-16(20)14-15(19)17(22)21/h15-17H,4-14,19-21H2,1-3H3. The molecule has 22 heavy (non-hydrogen) atoms. The van der Waals surface area contributed by atoms with Crippen LogP contribution in [0.15, 0.2) is 0 Å². The average Bonchev–Trinajstić information content (AvgIpc) is 2.74. The van der Waals surface area contributed by atoms with Crippen LogP contribution in [0, 0.1) is 0 Å². The predicted molar refractivity (Wildman–Crippen MR) is 109 cm³/mol. The van der Waals surface area contributed by atoms with Crippen LogP contribution in [0.1, 0.15) is 91.4 Å². The number of hydrogen-bond donors (Lipinski definition) is 0. The molecule has 0 aromatic heterocycles. The molecule has 0 bridgehead atoms. The Morgan fingerprint density at radius 2 is 1.36 bits per heavy atom. The maximum atomic E-state index is 2.91. The fourth-order valence-electron chi connectivity index (χ4n) is 4.80. The van der Waals surface area contributed by atoms with Crippen molar-refractivity contribution in [1.29, 1.82) is 0 Å². The van der Waals surface area contributed by atoms with E-state index in [0.717, 1.165) is 17.7 Å². The minimum absolute atomic E-state index is 0.436. The van der Waals surface area contributed by atoms with Gasteiger partial charge in [-0.1, -0.05) is 71.0 Å². The van der Waals surface area contributed by atoms with Gasteiger partial charge in [0.05, 0.1) is 0 Å². The lowest BCUT2D eigenvalue weighted by atomic mass is 9.71. The van der Waals surface area contributed by atoms with Crippen molar-refractivity contribution < 1.29 is 0 Å². The Kier molecular flexibility index (Phi) is 9.28. The van der Waals surface area contributed by atoms with Gasteiger partial charge in [0.15, 0.2) is 0 Å². The maximum Gasteiger partial charge on any atom is 0.123 e. The zero-order chi connectivity index (χ0) is 16.6. The minimum atomic E-state index is 0.436. The summed E-state index contributed by atoms with van der Waals surface area (Å²) in [4.78, 5) is 2.91. The van der Waals surface area contributed by atoms with Crippen LogP contribution in [0.4, 0.5) is 0 Å². The molecule has 0 aromatic carbocycles. The van der Waals surface area contributed by atoms with E-state index in [2.05, 4.69) is 49.2 Å². The summed E-state index contributed by atoms with van der Waals surface area (Å²) in [6.07, 6.45) is 15.4. The van der Waals surface area contributed by atoms with E-state index in [9.17, 15) is 0 Å². The van der Waals surface area contributed by atoms with Crippen LogP contribution in [0.2, 0.25) is 5.82 Å². The summed E-state index contributed by atoms with van der Waals surface area (Å²) in [7, 11) is 7.40. The molecular weight excluding hydrogens is 263 g/mol. The average molecular weight is 303 g/mol. The van der Waals surface area contributed by atoms with Crippen molar-refractivity contribution in [3.05, 3.63) is 0 Å². The summed E-state index contributed by atoms with van der Waals surface area (Å²) in [6.45, 7) is 7.21. The summed E-state index contributed by atoms with van der Waals surface area (Å²) in [5.74, 6) is 2.39. The van der Waals surface area contributed by atoms with Gasteiger partial charge >= 0.3 is 0 Å². The minimum Gasteiger partial charge on any atom is -0.308 e. The second kappa shape index (κ2) is 10.1. The van der Waals surface area contributed by atoms with E-state index in [4.69, 9.17) is 0 Å². The Labute approximate surface area is 143 Å². The van der Waals surface area contributed by atoms with E-state index in [-0.39, 0.29) is 0 Å². The van der Waals surface area contributed by atoms with Crippen LogP contribution < -0.4 is 0 Å². The van der Waals surface area contributed by atoms with Gasteiger partial charge in [-0.15, -0.1) is 0 Å². The monoisotopic (exact) mass is 303 g/mol. The summed E-state index contributed by atoms with van der Waals surface area (Å²) >= 11 is 0. The van der Waals surface area contributed by atoms with Gasteiger partial charge in [0.1, 0.15) is 23.5 Å². The van der Waals surface area contributed by atoms with Crippen molar-refractivity contribution >= 4 is 23.5 Å². The maximum absolute atomic E-state index is 2.91.